The summed E-state index contributed by atoms with van der Waals surface area (Å²) in [4.78, 5) is 28.8. The number of pyridine rings is 1. The third-order valence-corrected chi connectivity index (χ3v) is 4.77. The zero-order chi connectivity index (χ0) is 19.8. The summed E-state index contributed by atoms with van der Waals surface area (Å²) in [6.45, 7) is -0.00223. The standard InChI is InChI=1S/C20H14ClN3O4/c1-28-13-7-6-11-8-12(18(21)22-16(11)9-13)10-24-19(25)15-5-3-2-4-14(15)17(23-24)20(26)27/h2-9H,10H2,1H3,(H,26,27). The Balaban J connectivity index is 1.86. The van der Waals surface area contributed by atoms with E-state index < -0.39 is 11.5 Å². The predicted octanol–water partition coefficient (Wildman–Crippen LogP) is 3.35. The van der Waals surface area contributed by atoms with Crippen LogP contribution in [0.1, 0.15) is 16.1 Å². The summed E-state index contributed by atoms with van der Waals surface area (Å²) in [5.74, 6) is -0.554. The Morgan fingerprint density at radius 1 is 1.18 bits per heavy atom. The fourth-order valence-corrected chi connectivity index (χ4v) is 3.27. The van der Waals surface area contributed by atoms with E-state index in [0.717, 1.165) is 10.1 Å². The number of benzene rings is 2. The molecule has 0 aliphatic carbocycles. The zero-order valence-corrected chi connectivity index (χ0v) is 15.5. The summed E-state index contributed by atoms with van der Waals surface area (Å²) in [6.07, 6.45) is 0. The number of carbonyl (C=O) groups is 1. The number of aromatic carboxylic acids is 1. The lowest BCUT2D eigenvalue weighted by atomic mass is 10.1. The number of hydrogen-bond donors (Lipinski definition) is 1. The van der Waals surface area contributed by atoms with Crippen LogP contribution in [0.5, 0.6) is 5.75 Å². The van der Waals surface area contributed by atoms with Crippen LogP contribution in [-0.4, -0.2) is 33.0 Å². The molecule has 2 aromatic heterocycles. The number of halogens is 1. The topological polar surface area (TPSA) is 94.3 Å². The Labute approximate surface area is 163 Å². The van der Waals surface area contributed by atoms with Crippen molar-refractivity contribution < 1.29 is 14.6 Å². The lowest BCUT2D eigenvalue weighted by molar-refractivity contribution is 0.0690. The van der Waals surface area contributed by atoms with Crippen molar-refractivity contribution in [1.29, 1.82) is 0 Å². The van der Waals surface area contributed by atoms with E-state index in [-0.39, 0.29) is 22.8 Å². The number of nitrogens with zero attached hydrogens (tertiary/aromatic N) is 3. The highest BCUT2D eigenvalue weighted by molar-refractivity contribution is 6.30. The minimum atomic E-state index is -1.21. The van der Waals surface area contributed by atoms with Crippen LogP contribution in [0, 0.1) is 0 Å². The maximum Gasteiger partial charge on any atom is 0.357 e. The quantitative estimate of drug-likeness (QED) is 0.532. The molecule has 2 heterocycles. The van der Waals surface area contributed by atoms with Crippen LogP contribution in [-0.2, 0) is 6.54 Å². The molecule has 140 valence electrons. The number of methoxy groups -OCH3 is 1. The van der Waals surface area contributed by atoms with Gasteiger partial charge in [0, 0.05) is 22.4 Å². The maximum absolute atomic E-state index is 12.8. The number of carboxylic acids is 1. The van der Waals surface area contributed by atoms with Crippen LogP contribution in [0.4, 0.5) is 0 Å². The molecule has 0 aliphatic heterocycles. The Morgan fingerprint density at radius 2 is 1.93 bits per heavy atom. The van der Waals surface area contributed by atoms with Crippen molar-refractivity contribution >= 4 is 39.2 Å². The average molecular weight is 396 g/mol. The van der Waals surface area contributed by atoms with Crippen molar-refractivity contribution in [2.24, 2.45) is 0 Å². The van der Waals surface area contributed by atoms with E-state index in [1.807, 2.05) is 6.07 Å². The molecule has 0 saturated heterocycles. The largest absolute Gasteiger partial charge is 0.497 e. The third kappa shape index (κ3) is 3.05. The second kappa shape index (κ2) is 6.94. The van der Waals surface area contributed by atoms with Crippen LogP contribution < -0.4 is 10.3 Å². The van der Waals surface area contributed by atoms with E-state index in [4.69, 9.17) is 16.3 Å². The summed E-state index contributed by atoms with van der Waals surface area (Å²) in [5.41, 5.74) is 0.620. The van der Waals surface area contributed by atoms with Gasteiger partial charge in [0.1, 0.15) is 10.9 Å². The first-order chi connectivity index (χ1) is 13.5. The molecule has 4 rings (SSSR count). The SMILES string of the molecule is COc1ccc2cc(Cn3nc(C(=O)O)c4ccccc4c3=O)c(Cl)nc2c1. The summed E-state index contributed by atoms with van der Waals surface area (Å²) < 4.78 is 6.29. The zero-order valence-electron chi connectivity index (χ0n) is 14.7. The van der Waals surface area contributed by atoms with Crippen molar-refractivity contribution in [2.75, 3.05) is 7.11 Å². The summed E-state index contributed by atoms with van der Waals surface area (Å²) in [5, 5.41) is 15.1. The van der Waals surface area contributed by atoms with E-state index >= 15 is 0 Å². The molecule has 0 atom stereocenters. The van der Waals surface area contributed by atoms with Gasteiger partial charge in [-0.15, -0.1) is 0 Å². The van der Waals surface area contributed by atoms with Gasteiger partial charge in [0.25, 0.3) is 5.56 Å². The van der Waals surface area contributed by atoms with Crippen molar-refractivity contribution in [3.8, 4) is 5.75 Å². The Hall–Kier alpha value is -3.45. The number of rotatable bonds is 4. The third-order valence-electron chi connectivity index (χ3n) is 4.44. The number of aromatic nitrogens is 3. The lowest BCUT2D eigenvalue weighted by Crippen LogP contribution is -2.26. The molecule has 1 N–H and O–H groups in total. The smallest absolute Gasteiger partial charge is 0.357 e. The van der Waals surface area contributed by atoms with Gasteiger partial charge in [-0.1, -0.05) is 29.8 Å². The lowest BCUT2D eigenvalue weighted by Gasteiger charge is -2.11. The molecular formula is C20H14ClN3O4. The minimum absolute atomic E-state index is 0.00223. The van der Waals surface area contributed by atoms with Gasteiger partial charge in [0.15, 0.2) is 5.69 Å². The highest BCUT2D eigenvalue weighted by Crippen LogP contribution is 2.25. The molecule has 0 saturated carbocycles. The van der Waals surface area contributed by atoms with Crippen molar-refractivity contribution in [1.82, 2.24) is 14.8 Å². The number of hydrogen-bond acceptors (Lipinski definition) is 5. The Kier molecular flexibility index (Phi) is 4.44. The molecule has 0 aliphatic rings. The molecular weight excluding hydrogens is 382 g/mol. The fraction of sp³-hybridized carbons (Fsp3) is 0.100. The number of ether oxygens (including phenoxy) is 1. The van der Waals surface area contributed by atoms with Gasteiger partial charge in [-0.05, 0) is 24.3 Å². The van der Waals surface area contributed by atoms with Gasteiger partial charge < -0.3 is 9.84 Å². The number of carboxylic acid groups (broad SMARTS) is 1. The van der Waals surface area contributed by atoms with Crippen LogP contribution in [0.3, 0.4) is 0 Å². The van der Waals surface area contributed by atoms with Crippen LogP contribution >= 0.6 is 11.6 Å². The summed E-state index contributed by atoms with van der Waals surface area (Å²) in [7, 11) is 1.56. The molecule has 2 aromatic carbocycles. The van der Waals surface area contributed by atoms with E-state index in [9.17, 15) is 14.7 Å². The Morgan fingerprint density at radius 3 is 2.64 bits per heavy atom. The van der Waals surface area contributed by atoms with Crippen LogP contribution in [0.15, 0.2) is 53.3 Å². The molecule has 4 aromatic rings. The van der Waals surface area contributed by atoms with Crippen molar-refractivity contribution in [3.05, 3.63) is 75.3 Å². The van der Waals surface area contributed by atoms with Gasteiger partial charge in [-0.2, -0.15) is 5.10 Å². The van der Waals surface area contributed by atoms with E-state index in [2.05, 4.69) is 10.1 Å². The predicted molar refractivity (Wildman–Crippen MR) is 105 cm³/mol. The molecule has 8 heteroatoms. The van der Waals surface area contributed by atoms with Gasteiger partial charge in [-0.3, -0.25) is 4.79 Å². The first-order valence-corrected chi connectivity index (χ1v) is 8.72. The minimum Gasteiger partial charge on any atom is -0.497 e. The molecule has 0 fully saturated rings. The molecule has 0 bridgehead atoms. The highest BCUT2D eigenvalue weighted by Gasteiger charge is 2.17. The van der Waals surface area contributed by atoms with Gasteiger partial charge in [-0.25, -0.2) is 14.5 Å². The first kappa shape index (κ1) is 17.9. The van der Waals surface area contributed by atoms with E-state index in [1.54, 1.807) is 49.6 Å². The van der Waals surface area contributed by atoms with Crippen LogP contribution in [0.25, 0.3) is 21.7 Å². The molecule has 0 amide bonds. The van der Waals surface area contributed by atoms with Gasteiger partial charge >= 0.3 is 5.97 Å². The van der Waals surface area contributed by atoms with Gasteiger partial charge in [0.2, 0.25) is 0 Å². The number of fused-ring (bicyclic) bond motifs is 2. The monoisotopic (exact) mass is 395 g/mol. The van der Waals surface area contributed by atoms with Crippen molar-refractivity contribution in [3.63, 3.8) is 0 Å². The molecule has 28 heavy (non-hydrogen) atoms. The second-order valence-electron chi connectivity index (χ2n) is 6.16. The average Bonchev–Trinajstić information content (AvgIpc) is 2.70. The maximum atomic E-state index is 12.8. The normalized spacial score (nSPS) is 11.1. The highest BCUT2D eigenvalue weighted by atomic mass is 35.5. The molecule has 0 unspecified atom stereocenters. The van der Waals surface area contributed by atoms with E-state index in [0.29, 0.717) is 22.2 Å². The van der Waals surface area contributed by atoms with Crippen molar-refractivity contribution in [2.45, 2.75) is 6.54 Å². The molecule has 7 nitrogen and oxygen atoms in total. The summed E-state index contributed by atoms with van der Waals surface area (Å²) in [6, 6.07) is 13.7. The first-order valence-electron chi connectivity index (χ1n) is 8.34. The van der Waals surface area contributed by atoms with Gasteiger partial charge in [0.05, 0.1) is 24.6 Å². The second-order valence-corrected chi connectivity index (χ2v) is 6.52. The summed E-state index contributed by atoms with van der Waals surface area (Å²) >= 11 is 6.31. The Bertz CT molecular complexity index is 1300. The van der Waals surface area contributed by atoms with Crippen LogP contribution in [0.2, 0.25) is 5.15 Å². The molecule has 0 spiro atoms. The molecule has 0 radical (unpaired) electrons. The van der Waals surface area contributed by atoms with E-state index in [1.165, 1.54) is 0 Å². The fourth-order valence-electron chi connectivity index (χ4n) is 3.07.